The van der Waals surface area contributed by atoms with Crippen molar-refractivity contribution < 1.29 is 4.42 Å². The van der Waals surface area contributed by atoms with Crippen LogP contribution in [0.5, 0.6) is 0 Å². The summed E-state index contributed by atoms with van der Waals surface area (Å²) in [6.45, 7) is 4.35. The summed E-state index contributed by atoms with van der Waals surface area (Å²) in [5, 5.41) is 4.50. The van der Waals surface area contributed by atoms with Gasteiger partial charge in [-0.25, -0.2) is 4.98 Å². The number of oxazole rings is 1. The van der Waals surface area contributed by atoms with E-state index in [0.717, 1.165) is 11.6 Å². The van der Waals surface area contributed by atoms with Crippen LogP contribution in [0.2, 0.25) is 0 Å². The maximum atomic E-state index is 5.17. The van der Waals surface area contributed by atoms with Crippen molar-refractivity contribution in [3.05, 3.63) is 12.5 Å². The van der Waals surface area contributed by atoms with Crippen LogP contribution in [0.1, 0.15) is 20.3 Å². The van der Waals surface area contributed by atoms with Gasteiger partial charge in [0.25, 0.3) is 5.22 Å². The maximum absolute atomic E-state index is 5.17. The van der Waals surface area contributed by atoms with E-state index in [9.17, 15) is 0 Å². The van der Waals surface area contributed by atoms with Crippen LogP contribution in [-0.4, -0.2) is 23.3 Å². The molecule has 1 rings (SSSR count). The van der Waals surface area contributed by atoms with Gasteiger partial charge in [-0.15, -0.1) is 0 Å². The molecule has 0 saturated heterocycles. The summed E-state index contributed by atoms with van der Waals surface area (Å²) in [6.07, 6.45) is 4.40. The Balaban J connectivity index is 2.44. The van der Waals surface area contributed by atoms with Gasteiger partial charge in [0, 0.05) is 11.3 Å². The number of rotatable bonds is 5. The molecule has 4 heteroatoms. The summed E-state index contributed by atoms with van der Waals surface area (Å²) in [5.74, 6) is 0. The molecule has 0 saturated carbocycles. The molecule has 0 spiro atoms. The Morgan fingerprint density at radius 3 is 2.92 bits per heavy atom. The minimum Gasteiger partial charge on any atom is -0.440 e. The second-order valence-electron chi connectivity index (χ2n) is 2.92. The van der Waals surface area contributed by atoms with Crippen LogP contribution < -0.4 is 5.32 Å². The predicted molar refractivity (Wildman–Crippen MR) is 55.0 cm³/mol. The zero-order valence-electron chi connectivity index (χ0n) is 8.28. The lowest BCUT2D eigenvalue weighted by molar-refractivity contribution is 0.450. The van der Waals surface area contributed by atoms with Gasteiger partial charge < -0.3 is 9.73 Å². The molecule has 0 aliphatic rings. The summed E-state index contributed by atoms with van der Waals surface area (Å²) >= 11 is 1.67. The molecule has 0 bridgehead atoms. The molecule has 74 valence electrons. The summed E-state index contributed by atoms with van der Waals surface area (Å²) in [7, 11) is 1.99. The normalized spacial score (nSPS) is 15.6. The van der Waals surface area contributed by atoms with Gasteiger partial charge >= 0.3 is 0 Å². The van der Waals surface area contributed by atoms with Gasteiger partial charge in [-0.2, -0.15) is 0 Å². The van der Waals surface area contributed by atoms with E-state index in [0.29, 0.717) is 11.3 Å². The number of aromatic nitrogens is 1. The highest BCUT2D eigenvalue weighted by Crippen LogP contribution is 2.24. The Morgan fingerprint density at radius 2 is 2.46 bits per heavy atom. The van der Waals surface area contributed by atoms with Crippen LogP contribution >= 0.6 is 11.8 Å². The molecule has 13 heavy (non-hydrogen) atoms. The van der Waals surface area contributed by atoms with Crippen molar-refractivity contribution in [3.8, 4) is 0 Å². The fourth-order valence-corrected chi connectivity index (χ4v) is 2.32. The first-order valence-electron chi connectivity index (χ1n) is 4.51. The average Bonchev–Trinajstić information content (AvgIpc) is 2.59. The van der Waals surface area contributed by atoms with Crippen molar-refractivity contribution in [3.63, 3.8) is 0 Å². The topological polar surface area (TPSA) is 38.1 Å². The molecule has 1 N–H and O–H groups in total. The van der Waals surface area contributed by atoms with Crippen molar-refractivity contribution >= 4 is 11.8 Å². The monoisotopic (exact) mass is 200 g/mol. The molecule has 3 nitrogen and oxygen atoms in total. The zero-order chi connectivity index (χ0) is 9.68. The molecular formula is C9H16N2OS. The van der Waals surface area contributed by atoms with Crippen LogP contribution in [0, 0.1) is 0 Å². The van der Waals surface area contributed by atoms with E-state index in [1.807, 2.05) is 7.05 Å². The van der Waals surface area contributed by atoms with Gasteiger partial charge in [0.15, 0.2) is 0 Å². The summed E-state index contributed by atoms with van der Waals surface area (Å²) in [5.41, 5.74) is 0. The molecule has 0 fully saturated rings. The number of nitrogens with zero attached hydrogens (tertiary/aromatic N) is 1. The molecular weight excluding hydrogens is 184 g/mol. The number of hydrogen-bond acceptors (Lipinski definition) is 4. The van der Waals surface area contributed by atoms with Gasteiger partial charge in [-0.3, -0.25) is 0 Å². The SMILES string of the molecule is CCC(NC)C(C)Sc1ncco1. The largest absolute Gasteiger partial charge is 0.440 e. The van der Waals surface area contributed by atoms with Gasteiger partial charge in [-0.05, 0) is 13.5 Å². The third-order valence-electron chi connectivity index (χ3n) is 2.07. The van der Waals surface area contributed by atoms with Crippen LogP contribution in [0.4, 0.5) is 0 Å². The molecule has 0 amide bonds. The first kappa shape index (κ1) is 10.6. The average molecular weight is 200 g/mol. The predicted octanol–water partition coefficient (Wildman–Crippen LogP) is 2.15. The van der Waals surface area contributed by atoms with Crippen molar-refractivity contribution in [1.82, 2.24) is 10.3 Å². The molecule has 1 heterocycles. The molecule has 1 aromatic heterocycles. The van der Waals surface area contributed by atoms with Gasteiger partial charge in [0.05, 0.1) is 6.20 Å². The highest BCUT2D eigenvalue weighted by molar-refractivity contribution is 7.99. The van der Waals surface area contributed by atoms with Gasteiger partial charge in [-0.1, -0.05) is 25.6 Å². The molecule has 1 aromatic rings. The molecule has 2 unspecified atom stereocenters. The van der Waals surface area contributed by atoms with E-state index < -0.39 is 0 Å². The smallest absolute Gasteiger partial charge is 0.255 e. The van der Waals surface area contributed by atoms with Gasteiger partial charge in [0.2, 0.25) is 0 Å². The van der Waals surface area contributed by atoms with E-state index in [1.54, 1.807) is 24.2 Å². The molecule has 0 radical (unpaired) electrons. The minimum absolute atomic E-state index is 0.480. The van der Waals surface area contributed by atoms with Crippen molar-refractivity contribution in [2.75, 3.05) is 7.05 Å². The second-order valence-corrected chi connectivity index (χ2v) is 4.25. The van der Waals surface area contributed by atoms with Crippen LogP contribution in [-0.2, 0) is 0 Å². The maximum Gasteiger partial charge on any atom is 0.255 e. The van der Waals surface area contributed by atoms with Crippen LogP contribution in [0.3, 0.4) is 0 Å². The van der Waals surface area contributed by atoms with Crippen molar-refractivity contribution in [2.45, 2.75) is 36.8 Å². The first-order chi connectivity index (χ1) is 6.27. The molecule has 0 aliphatic heterocycles. The van der Waals surface area contributed by atoms with E-state index in [1.165, 1.54) is 0 Å². The highest BCUT2D eigenvalue weighted by Gasteiger charge is 2.16. The second kappa shape index (κ2) is 5.29. The molecule has 2 atom stereocenters. The quantitative estimate of drug-likeness (QED) is 0.739. The summed E-state index contributed by atoms with van der Waals surface area (Å²) in [6, 6.07) is 0.511. The third-order valence-corrected chi connectivity index (χ3v) is 3.18. The van der Waals surface area contributed by atoms with Crippen LogP contribution in [0.15, 0.2) is 22.1 Å². The standard InChI is InChI=1S/C9H16N2OS/c1-4-8(10-3)7(2)13-9-11-5-6-12-9/h5-8,10H,4H2,1-3H3. The molecule has 0 aliphatic carbocycles. The Hall–Kier alpha value is -0.480. The Morgan fingerprint density at radius 1 is 1.69 bits per heavy atom. The van der Waals surface area contributed by atoms with Crippen LogP contribution in [0.25, 0.3) is 0 Å². The van der Waals surface area contributed by atoms with E-state index >= 15 is 0 Å². The Kier molecular flexibility index (Phi) is 4.32. The Labute approximate surface area is 83.3 Å². The van der Waals surface area contributed by atoms with E-state index in [2.05, 4.69) is 24.1 Å². The van der Waals surface area contributed by atoms with E-state index in [4.69, 9.17) is 4.42 Å². The lowest BCUT2D eigenvalue weighted by Crippen LogP contribution is -2.33. The Bertz CT molecular complexity index is 222. The number of nitrogens with one attached hydrogen (secondary N) is 1. The summed E-state index contributed by atoms with van der Waals surface area (Å²) in [4.78, 5) is 4.08. The van der Waals surface area contributed by atoms with Crippen molar-refractivity contribution in [2.24, 2.45) is 0 Å². The lowest BCUT2D eigenvalue weighted by Gasteiger charge is -2.19. The number of hydrogen-bond donors (Lipinski definition) is 1. The van der Waals surface area contributed by atoms with E-state index in [-0.39, 0.29) is 0 Å². The first-order valence-corrected chi connectivity index (χ1v) is 5.39. The lowest BCUT2D eigenvalue weighted by atomic mass is 10.2. The minimum atomic E-state index is 0.480. The summed E-state index contributed by atoms with van der Waals surface area (Å²) < 4.78 is 5.17. The fraction of sp³-hybridized carbons (Fsp3) is 0.667. The highest BCUT2D eigenvalue weighted by atomic mass is 32.2. The van der Waals surface area contributed by atoms with Crippen molar-refractivity contribution in [1.29, 1.82) is 0 Å². The fourth-order valence-electron chi connectivity index (χ4n) is 1.28. The third kappa shape index (κ3) is 3.04. The molecule has 0 aromatic carbocycles. The number of thioether (sulfide) groups is 1. The van der Waals surface area contributed by atoms with Gasteiger partial charge in [0.1, 0.15) is 6.26 Å². The zero-order valence-corrected chi connectivity index (χ0v) is 9.10.